The Balaban J connectivity index is 2.36. The van der Waals surface area contributed by atoms with Crippen LogP contribution in [-0.4, -0.2) is 30.0 Å². The predicted molar refractivity (Wildman–Crippen MR) is 70.9 cm³/mol. The molecule has 19 heavy (non-hydrogen) atoms. The second-order valence-electron chi connectivity index (χ2n) is 4.16. The van der Waals surface area contributed by atoms with Gasteiger partial charge in [0.25, 0.3) is 0 Å². The molecule has 0 saturated carbocycles. The molecule has 0 N–H and O–H groups in total. The second kappa shape index (κ2) is 4.97. The van der Waals surface area contributed by atoms with Gasteiger partial charge in [0, 0.05) is 30.8 Å². The summed E-state index contributed by atoms with van der Waals surface area (Å²) in [5.74, 6) is 0.140. The minimum absolute atomic E-state index is 0.197. The third-order valence-electron chi connectivity index (χ3n) is 2.80. The number of ketones is 1. The molecule has 0 saturated heterocycles. The molecule has 0 amide bonds. The van der Waals surface area contributed by atoms with E-state index in [1.807, 2.05) is 6.92 Å². The molecule has 2 rings (SSSR count). The highest BCUT2D eigenvalue weighted by atomic mass is 32.2. The summed E-state index contributed by atoms with van der Waals surface area (Å²) >= 11 is 0. The van der Waals surface area contributed by atoms with Gasteiger partial charge >= 0.3 is 0 Å². The van der Waals surface area contributed by atoms with Gasteiger partial charge in [-0.3, -0.25) is 4.79 Å². The summed E-state index contributed by atoms with van der Waals surface area (Å²) in [6.07, 6.45) is 4.44. The Morgan fingerprint density at radius 1 is 1.26 bits per heavy atom. The Labute approximate surface area is 111 Å². The summed E-state index contributed by atoms with van der Waals surface area (Å²) in [4.78, 5) is 16.4. The monoisotopic (exact) mass is 278 g/mol. The van der Waals surface area contributed by atoms with Crippen LogP contribution in [0.15, 0.2) is 41.6 Å². The molecule has 0 radical (unpaired) electrons. The smallest absolute Gasteiger partial charge is 0.228 e. The predicted octanol–water partition coefficient (Wildman–Crippen LogP) is 1.54. The van der Waals surface area contributed by atoms with Crippen molar-refractivity contribution >= 4 is 15.6 Å². The topological polar surface area (TPSA) is 69.0 Å². The van der Waals surface area contributed by atoms with Crippen LogP contribution in [0.5, 0.6) is 0 Å². The van der Waals surface area contributed by atoms with Crippen molar-refractivity contribution in [1.82, 2.24) is 9.55 Å². The van der Waals surface area contributed by atoms with Crippen molar-refractivity contribution in [2.45, 2.75) is 18.4 Å². The summed E-state index contributed by atoms with van der Waals surface area (Å²) in [6, 6.07) is 5.88. The Kier molecular flexibility index (Phi) is 3.53. The molecule has 1 aromatic carbocycles. The molecule has 0 aliphatic carbocycles. The maximum Gasteiger partial charge on any atom is 0.228 e. The average molecular weight is 278 g/mol. The zero-order valence-corrected chi connectivity index (χ0v) is 11.5. The van der Waals surface area contributed by atoms with Gasteiger partial charge in [0.2, 0.25) is 5.78 Å². The standard InChI is InChI=1S/C13H14N2O3S/c1-3-15-9-8-14-13(15)12(16)10-4-6-11(7-5-10)19(2,17)18/h4-9H,3H2,1-2H3. The molecule has 1 aromatic heterocycles. The lowest BCUT2D eigenvalue weighted by molar-refractivity contribution is 0.102. The van der Waals surface area contributed by atoms with Crippen LogP contribution in [0.3, 0.4) is 0 Å². The van der Waals surface area contributed by atoms with Gasteiger partial charge in [0.1, 0.15) is 0 Å². The number of carbonyl (C=O) groups excluding carboxylic acids is 1. The molecule has 6 heteroatoms. The first-order valence-electron chi connectivity index (χ1n) is 5.79. The van der Waals surface area contributed by atoms with Gasteiger partial charge < -0.3 is 4.57 Å². The lowest BCUT2D eigenvalue weighted by atomic mass is 10.1. The van der Waals surface area contributed by atoms with Crippen molar-refractivity contribution in [3.05, 3.63) is 48.0 Å². The third-order valence-corrected chi connectivity index (χ3v) is 3.93. The quantitative estimate of drug-likeness (QED) is 0.795. The van der Waals surface area contributed by atoms with Crippen LogP contribution in [0.1, 0.15) is 23.1 Å². The molecule has 5 nitrogen and oxygen atoms in total. The van der Waals surface area contributed by atoms with E-state index in [1.165, 1.54) is 24.3 Å². The van der Waals surface area contributed by atoms with Gasteiger partial charge in [-0.2, -0.15) is 0 Å². The minimum atomic E-state index is -3.24. The Hall–Kier alpha value is -1.95. The fourth-order valence-corrected chi connectivity index (χ4v) is 2.39. The van der Waals surface area contributed by atoms with Crippen LogP contribution >= 0.6 is 0 Å². The van der Waals surface area contributed by atoms with Crippen molar-refractivity contribution in [3.63, 3.8) is 0 Å². The van der Waals surface area contributed by atoms with Crippen LogP contribution in [0, 0.1) is 0 Å². The number of carbonyl (C=O) groups is 1. The van der Waals surface area contributed by atoms with Crippen LogP contribution in [0.2, 0.25) is 0 Å². The van der Waals surface area contributed by atoms with E-state index in [1.54, 1.807) is 17.0 Å². The Morgan fingerprint density at radius 3 is 2.42 bits per heavy atom. The summed E-state index contributed by atoms with van der Waals surface area (Å²) in [5, 5.41) is 0. The van der Waals surface area contributed by atoms with Crippen LogP contribution < -0.4 is 0 Å². The van der Waals surface area contributed by atoms with Crippen molar-refractivity contribution < 1.29 is 13.2 Å². The maximum atomic E-state index is 12.2. The molecule has 0 fully saturated rings. The first kappa shape index (κ1) is 13.5. The SMILES string of the molecule is CCn1ccnc1C(=O)c1ccc(S(C)(=O)=O)cc1. The van der Waals surface area contributed by atoms with Crippen LogP contribution in [0.25, 0.3) is 0 Å². The molecule has 2 aromatic rings. The zero-order valence-electron chi connectivity index (χ0n) is 10.7. The summed E-state index contributed by atoms with van der Waals surface area (Å²) in [7, 11) is -3.24. The normalized spacial score (nSPS) is 11.5. The lowest BCUT2D eigenvalue weighted by Gasteiger charge is -2.04. The number of rotatable bonds is 4. The second-order valence-corrected chi connectivity index (χ2v) is 6.18. The van der Waals surface area contributed by atoms with E-state index in [0.717, 1.165) is 6.26 Å². The molecule has 0 atom stereocenters. The van der Waals surface area contributed by atoms with Gasteiger partial charge in [-0.15, -0.1) is 0 Å². The Bertz CT molecular complexity index is 700. The van der Waals surface area contributed by atoms with Crippen molar-refractivity contribution in [1.29, 1.82) is 0 Å². The maximum absolute atomic E-state index is 12.2. The molecule has 0 spiro atoms. The van der Waals surface area contributed by atoms with E-state index in [0.29, 0.717) is 17.9 Å². The molecule has 1 heterocycles. The van der Waals surface area contributed by atoms with E-state index in [9.17, 15) is 13.2 Å². The van der Waals surface area contributed by atoms with Gasteiger partial charge in [-0.1, -0.05) is 0 Å². The largest absolute Gasteiger partial charge is 0.328 e. The number of hydrogen-bond donors (Lipinski definition) is 0. The molecular formula is C13H14N2O3S. The summed E-state index contributed by atoms with van der Waals surface area (Å²) in [6.45, 7) is 2.58. The minimum Gasteiger partial charge on any atom is -0.328 e. The number of imidazole rings is 1. The summed E-state index contributed by atoms with van der Waals surface area (Å²) < 4.78 is 24.4. The molecular weight excluding hydrogens is 264 g/mol. The zero-order chi connectivity index (χ0) is 14.0. The number of nitrogens with zero attached hydrogens (tertiary/aromatic N) is 2. The fraction of sp³-hybridized carbons (Fsp3) is 0.231. The average Bonchev–Trinajstić information content (AvgIpc) is 2.85. The third kappa shape index (κ3) is 2.73. The summed E-state index contributed by atoms with van der Waals surface area (Å²) in [5.41, 5.74) is 0.424. The van der Waals surface area contributed by atoms with Crippen molar-refractivity contribution in [2.75, 3.05) is 6.26 Å². The highest BCUT2D eigenvalue weighted by molar-refractivity contribution is 7.90. The van der Waals surface area contributed by atoms with E-state index in [4.69, 9.17) is 0 Å². The highest BCUT2D eigenvalue weighted by Crippen LogP contribution is 2.13. The van der Waals surface area contributed by atoms with Crippen LogP contribution in [-0.2, 0) is 16.4 Å². The van der Waals surface area contributed by atoms with Gasteiger partial charge in [0.15, 0.2) is 15.7 Å². The highest BCUT2D eigenvalue weighted by Gasteiger charge is 2.15. The number of aryl methyl sites for hydroxylation is 1. The van der Waals surface area contributed by atoms with Gasteiger partial charge in [0.05, 0.1) is 4.90 Å². The van der Waals surface area contributed by atoms with Crippen molar-refractivity contribution in [2.24, 2.45) is 0 Å². The molecule has 0 aliphatic rings. The first-order chi connectivity index (χ1) is 8.93. The number of benzene rings is 1. The number of aromatic nitrogens is 2. The molecule has 0 aliphatic heterocycles. The van der Waals surface area contributed by atoms with E-state index in [-0.39, 0.29) is 10.7 Å². The number of hydrogen-bond acceptors (Lipinski definition) is 4. The van der Waals surface area contributed by atoms with Gasteiger partial charge in [-0.25, -0.2) is 13.4 Å². The Morgan fingerprint density at radius 2 is 1.89 bits per heavy atom. The first-order valence-corrected chi connectivity index (χ1v) is 7.68. The van der Waals surface area contributed by atoms with Gasteiger partial charge in [-0.05, 0) is 31.2 Å². The van der Waals surface area contributed by atoms with E-state index in [2.05, 4.69) is 4.98 Å². The molecule has 0 unspecified atom stereocenters. The molecule has 100 valence electrons. The lowest BCUT2D eigenvalue weighted by Crippen LogP contribution is -2.10. The number of sulfone groups is 1. The van der Waals surface area contributed by atoms with E-state index >= 15 is 0 Å². The van der Waals surface area contributed by atoms with Crippen molar-refractivity contribution in [3.8, 4) is 0 Å². The van der Waals surface area contributed by atoms with Crippen LogP contribution in [0.4, 0.5) is 0 Å². The molecule has 0 bridgehead atoms. The fourth-order valence-electron chi connectivity index (χ4n) is 1.76. The van der Waals surface area contributed by atoms with E-state index < -0.39 is 9.84 Å².